The summed E-state index contributed by atoms with van der Waals surface area (Å²) >= 11 is 1.62. The summed E-state index contributed by atoms with van der Waals surface area (Å²) in [6.45, 7) is 2.16. The summed E-state index contributed by atoms with van der Waals surface area (Å²) < 4.78 is 0. The topological polar surface area (TPSA) is 64.7 Å². The Hall–Kier alpha value is -0.840. The number of nitrogens with zero attached hydrogens (tertiary/aromatic N) is 3. The third-order valence-electron chi connectivity index (χ3n) is 1.30. The number of nitrogen functional groups attached to an aromatic ring is 1. The summed E-state index contributed by atoms with van der Waals surface area (Å²) in [5, 5.41) is 0.718. The lowest BCUT2D eigenvalue weighted by molar-refractivity contribution is 0.880. The van der Waals surface area contributed by atoms with Crippen LogP contribution in [0.25, 0.3) is 0 Å². The molecule has 0 atom stereocenters. The standard InChI is InChI=1S/C7H12N4S/c1-2-3-4-12-7-10-5-9-6(8)11-7/h5H,2-4H2,1H3,(H2,8,9,10,11). The minimum atomic E-state index is 0.295. The fourth-order valence-corrected chi connectivity index (χ4v) is 1.57. The Morgan fingerprint density at radius 1 is 1.50 bits per heavy atom. The largest absolute Gasteiger partial charge is 0.368 e. The molecule has 0 aliphatic carbocycles. The molecule has 0 spiro atoms. The number of nitrogens with two attached hydrogens (primary N) is 1. The zero-order chi connectivity index (χ0) is 8.81. The zero-order valence-electron chi connectivity index (χ0n) is 7.03. The number of unbranched alkanes of at least 4 members (excludes halogenated alkanes) is 1. The van der Waals surface area contributed by atoms with Crippen LogP contribution in [0, 0.1) is 0 Å². The second kappa shape index (κ2) is 4.92. The Bertz CT molecular complexity index is 241. The van der Waals surface area contributed by atoms with Gasteiger partial charge in [0.2, 0.25) is 5.95 Å². The first-order valence-electron chi connectivity index (χ1n) is 3.90. The highest BCUT2D eigenvalue weighted by atomic mass is 32.2. The number of thioether (sulfide) groups is 1. The van der Waals surface area contributed by atoms with Gasteiger partial charge in [-0.15, -0.1) is 0 Å². The molecule has 2 N–H and O–H groups in total. The number of hydrogen-bond acceptors (Lipinski definition) is 5. The van der Waals surface area contributed by atoms with Crippen molar-refractivity contribution in [1.29, 1.82) is 0 Å². The van der Waals surface area contributed by atoms with Crippen molar-refractivity contribution in [3.8, 4) is 0 Å². The van der Waals surface area contributed by atoms with E-state index >= 15 is 0 Å². The third kappa shape index (κ3) is 3.04. The molecule has 0 aliphatic heterocycles. The van der Waals surface area contributed by atoms with Crippen molar-refractivity contribution >= 4 is 17.7 Å². The van der Waals surface area contributed by atoms with Crippen molar-refractivity contribution in [2.24, 2.45) is 0 Å². The average Bonchev–Trinajstić information content (AvgIpc) is 2.05. The van der Waals surface area contributed by atoms with Gasteiger partial charge in [0.1, 0.15) is 6.33 Å². The van der Waals surface area contributed by atoms with Gasteiger partial charge in [-0.1, -0.05) is 25.1 Å². The van der Waals surface area contributed by atoms with E-state index in [1.807, 2.05) is 0 Å². The Morgan fingerprint density at radius 3 is 3.00 bits per heavy atom. The smallest absolute Gasteiger partial charge is 0.223 e. The first kappa shape index (κ1) is 9.25. The van der Waals surface area contributed by atoms with E-state index in [1.54, 1.807) is 11.8 Å². The first-order chi connectivity index (χ1) is 5.83. The minimum absolute atomic E-state index is 0.295. The lowest BCUT2D eigenvalue weighted by atomic mass is 10.4. The molecule has 1 aromatic rings. The molecule has 0 saturated carbocycles. The van der Waals surface area contributed by atoms with E-state index in [4.69, 9.17) is 5.73 Å². The van der Waals surface area contributed by atoms with E-state index < -0.39 is 0 Å². The van der Waals surface area contributed by atoms with E-state index in [9.17, 15) is 0 Å². The fraction of sp³-hybridized carbons (Fsp3) is 0.571. The van der Waals surface area contributed by atoms with Gasteiger partial charge in [-0.05, 0) is 6.42 Å². The minimum Gasteiger partial charge on any atom is -0.368 e. The molecular formula is C7H12N4S. The van der Waals surface area contributed by atoms with Crippen LogP contribution in [0.1, 0.15) is 19.8 Å². The van der Waals surface area contributed by atoms with Crippen LogP contribution in [0.5, 0.6) is 0 Å². The molecule has 0 unspecified atom stereocenters. The van der Waals surface area contributed by atoms with Gasteiger partial charge in [-0.25, -0.2) is 9.97 Å². The van der Waals surface area contributed by atoms with Crippen molar-refractivity contribution in [3.05, 3.63) is 6.33 Å². The fourth-order valence-electron chi connectivity index (χ4n) is 0.670. The molecule has 0 saturated heterocycles. The summed E-state index contributed by atoms with van der Waals surface area (Å²) in [5.74, 6) is 1.34. The summed E-state index contributed by atoms with van der Waals surface area (Å²) in [5.41, 5.74) is 5.39. The van der Waals surface area contributed by atoms with Crippen molar-refractivity contribution < 1.29 is 0 Å². The van der Waals surface area contributed by atoms with Crippen LogP contribution < -0.4 is 5.73 Å². The Balaban J connectivity index is 2.41. The average molecular weight is 184 g/mol. The second-order valence-electron chi connectivity index (χ2n) is 2.33. The molecule has 0 aliphatic rings. The molecule has 1 heterocycles. The Morgan fingerprint density at radius 2 is 2.33 bits per heavy atom. The van der Waals surface area contributed by atoms with Crippen LogP contribution in [-0.2, 0) is 0 Å². The lowest BCUT2D eigenvalue weighted by Gasteiger charge is -1.97. The third-order valence-corrected chi connectivity index (χ3v) is 2.25. The van der Waals surface area contributed by atoms with E-state index in [0.29, 0.717) is 5.95 Å². The van der Waals surface area contributed by atoms with Crippen LogP contribution in [0.15, 0.2) is 11.5 Å². The maximum Gasteiger partial charge on any atom is 0.223 e. The normalized spacial score (nSPS) is 10.1. The summed E-state index contributed by atoms with van der Waals surface area (Å²) in [4.78, 5) is 11.6. The molecule has 0 amide bonds. The monoisotopic (exact) mass is 184 g/mol. The molecule has 1 rings (SSSR count). The molecule has 66 valence electrons. The van der Waals surface area contributed by atoms with E-state index in [2.05, 4.69) is 21.9 Å². The van der Waals surface area contributed by atoms with Crippen LogP contribution in [0.3, 0.4) is 0 Å². The van der Waals surface area contributed by atoms with Gasteiger partial charge >= 0.3 is 0 Å². The molecule has 0 aromatic carbocycles. The summed E-state index contributed by atoms with van der Waals surface area (Å²) in [7, 11) is 0. The van der Waals surface area contributed by atoms with Gasteiger partial charge in [0, 0.05) is 5.75 Å². The number of hydrogen-bond donors (Lipinski definition) is 1. The Labute approximate surface area is 76.0 Å². The van der Waals surface area contributed by atoms with Crippen molar-refractivity contribution in [3.63, 3.8) is 0 Å². The van der Waals surface area contributed by atoms with Crippen molar-refractivity contribution in [2.45, 2.75) is 24.9 Å². The molecule has 12 heavy (non-hydrogen) atoms. The zero-order valence-corrected chi connectivity index (χ0v) is 7.84. The molecule has 4 nitrogen and oxygen atoms in total. The summed E-state index contributed by atoms with van der Waals surface area (Å²) in [6, 6.07) is 0. The Kier molecular flexibility index (Phi) is 3.79. The quantitative estimate of drug-likeness (QED) is 0.565. The SMILES string of the molecule is CCCCSc1ncnc(N)n1. The van der Waals surface area contributed by atoms with Gasteiger partial charge in [-0.3, -0.25) is 0 Å². The molecule has 0 bridgehead atoms. The number of rotatable bonds is 4. The predicted molar refractivity (Wildman–Crippen MR) is 49.9 cm³/mol. The van der Waals surface area contributed by atoms with Gasteiger partial charge < -0.3 is 5.73 Å². The van der Waals surface area contributed by atoms with E-state index in [1.165, 1.54) is 19.2 Å². The van der Waals surface area contributed by atoms with Crippen LogP contribution >= 0.6 is 11.8 Å². The summed E-state index contributed by atoms with van der Waals surface area (Å²) in [6.07, 6.45) is 3.81. The maximum absolute atomic E-state index is 5.39. The highest BCUT2D eigenvalue weighted by Crippen LogP contribution is 2.13. The van der Waals surface area contributed by atoms with Gasteiger partial charge in [0.25, 0.3) is 0 Å². The van der Waals surface area contributed by atoms with Crippen LogP contribution in [0.4, 0.5) is 5.95 Å². The van der Waals surface area contributed by atoms with Gasteiger partial charge in [0.05, 0.1) is 0 Å². The molecule has 0 fully saturated rings. The number of anilines is 1. The predicted octanol–water partition coefficient (Wildman–Crippen LogP) is 1.35. The lowest BCUT2D eigenvalue weighted by Crippen LogP contribution is -1.97. The van der Waals surface area contributed by atoms with Crippen molar-refractivity contribution in [1.82, 2.24) is 15.0 Å². The van der Waals surface area contributed by atoms with Crippen molar-refractivity contribution in [2.75, 3.05) is 11.5 Å². The van der Waals surface area contributed by atoms with E-state index in [0.717, 1.165) is 10.9 Å². The first-order valence-corrected chi connectivity index (χ1v) is 4.89. The number of aromatic nitrogens is 3. The second-order valence-corrected chi connectivity index (χ2v) is 3.39. The van der Waals surface area contributed by atoms with Crippen LogP contribution in [-0.4, -0.2) is 20.7 Å². The maximum atomic E-state index is 5.39. The molecule has 0 radical (unpaired) electrons. The molecule has 5 heteroatoms. The van der Waals surface area contributed by atoms with Crippen LogP contribution in [0.2, 0.25) is 0 Å². The van der Waals surface area contributed by atoms with Gasteiger partial charge in [-0.2, -0.15) is 4.98 Å². The highest BCUT2D eigenvalue weighted by molar-refractivity contribution is 7.99. The highest BCUT2D eigenvalue weighted by Gasteiger charge is 1.96. The van der Waals surface area contributed by atoms with E-state index in [-0.39, 0.29) is 0 Å². The molecular weight excluding hydrogens is 172 g/mol. The molecule has 1 aromatic heterocycles. The van der Waals surface area contributed by atoms with Gasteiger partial charge in [0.15, 0.2) is 5.16 Å².